The molecule has 90 valence electrons. The Bertz CT molecular complexity index is 339. The predicted molar refractivity (Wildman–Crippen MR) is 71.7 cm³/mol. The van der Waals surface area contributed by atoms with Crippen molar-refractivity contribution < 1.29 is 4.74 Å². The molecule has 0 aliphatic heterocycles. The summed E-state index contributed by atoms with van der Waals surface area (Å²) < 4.78 is 6.94. The normalized spacial score (nSPS) is 14.6. The molecule has 1 aromatic carbocycles. The van der Waals surface area contributed by atoms with E-state index in [-0.39, 0.29) is 12.1 Å². The molecule has 16 heavy (non-hydrogen) atoms. The molecule has 2 N–H and O–H groups in total. The second kappa shape index (κ2) is 6.26. The highest BCUT2D eigenvalue weighted by Crippen LogP contribution is 2.28. The van der Waals surface area contributed by atoms with E-state index in [1.807, 2.05) is 25.1 Å². The summed E-state index contributed by atoms with van der Waals surface area (Å²) in [5.74, 6) is 0.902. The van der Waals surface area contributed by atoms with Gasteiger partial charge in [0.25, 0.3) is 0 Å². The zero-order chi connectivity index (χ0) is 12.1. The molecule has 2 atom stereocenters. The molecule has 0 radical (unpaired) electrons. The number of hydrogen-bond acceptors (Lipinski definition) is 2. The number of benzene rings is 1. The van der Waals surface area contributed by atoms with Gasteiger partial charge in [0.1, 0.15) is 5.75 Å². The van der Waals surface area contributed by atoms with Gasteiger partial charge in [-0.1, -0.05) is 29.3 Å². The second-order valence-electron chi connectivity index (χ2n) is 4.19. The van der Waals surface area contributed by atoms with Crippen molar-refractivity contribution in [3.8, 4) is 5.75 Å². The van der Waals surface area contributed by atoms with Gasteiger partial charge in [0, 0.05) is 16.1 Å². The van der Waals surface area contributed by atoms with Crippen molar-refractivity contribution in [2.45, 2.75) is 45.8 Å². The van der Waals surface area contributed by atoms with Crippen molar-refractivity contribution in [2.75, 3.05) is 0 Å². The van der Waals surface area contributed by atoms with Gasteiger partial charge in [0.2, 0.25) is 0 Å². The van der Waals surface area contributed by atoms with E-state index in [0.717, 1.165) is 28.6 Å². The topological polar surface area (TPSA) is 35.2 Å². The monoisotopic (exact) mass is 285 g/mol. The van der Waals surface area contributed by atoms with Gasteiger partial charge >= 0.3 is 0 Å². The van der Waals surface area contributed by atoms with Crippen LogP contribution in [0.2, 0.25) is 0 Å². The van der Waals surface area contributed by atoms with E-state index in [1.165, 1.54) is 0 Å². The molecule has 0 aliphatic carbocycles. The molecule has 0 amide bonds. The fourth-order valence-corrected chi connectivity index (χ4v) is 2.04. The molecule has 0 spiro atoms. The first-order chi connectivity index (χ1) is 7.54. The molecule has 0 saturated carbocycles. The van der Waals surface area contributed by atoms with Crippen LogP contribution in [0.1, 0.15) is 45.2 Å². The highest BCUT2D eigenvalue weighted by molar-refractivity contribution is 9.10. The van der Waals surface area contributed by atoms with Gasteiger partial charge < -0.3 is 10.5 Å². The third-order valence-electron chi connectivity index (χ3n) is 2.49. The van der Waals surface area contributed by atoms with E-state index in [0.29, 0.717) is 0 Å². The van der Waals surface area contributed by atoms with Crippen LogP contribution >= 0.6 is 15.9 Å². The SMILES string of the molecule is CCCC(C)Oc1ccc(Br)cc1[C@@H](C)N. The summed E-state index contributed by atoms with van der Waals surface area (Å²) >= 11 is 3.45. The highest BCUT2D eigenvalue weighted by Gasteiger charge is 2.11. The van der Waals surface area contributed by atoms with Crippen molar-refractivity contribution in [2.24, 2.45) is 5.73 Å². The first-order valence-corrected chi connectivity index (χ1v) is 6.55. The van der Waals surface area contributed by atoms with Gasteiger partial charge in [-0.15, -0.1) is 0 Å². The fourth-order valence-electron chi connectivity index (χ4n) is 1.66. The van der Waals surface area contributed by atoms with Crippen LogP contribution in [0.15, 0.2) is 22.7 Å². The molecule has 1 aromatic rings. The van der Waals surface area contributed by atoms with Gasteiger partial charge in [-0.2, -0.15) is 0 Å². The van der Waals surface area contributed by atoms with E-state index in [4.69, 9.17) is 10.5 Å². The van der Waals surface area contributed by atoms with Crippen LogP contribution < -0.4 is 10.5 Å². The van der Waals surface area contributed by atoms with E-state index in [9.17, 15) is 0 Å². The Labute approximate surface area is 106 Å². The Hall–Kier alpha value is -0.540. The summed E-state index contributed by atoms with van der Waals surface area (Å²) in [5, 5.41) is 0. The molecule has 2 nitrogen and oxygen atoms in total. The van der Waals surface area contributed by atoms with Crippen molar-refractivity contribution in [3.63, 3.8) is 0 Å². The molecular weight excluding hydrogens is 266 g/mol. The fraction of sp³-hybridized carbons (Fsp3) is 0.538. The van der Waals surface area contributed by atoms with Crippen molar-refractivity contribution in [3.05, 3.63) is 28.2 Å². The summed E-state index contributed by atoms with van der Waals surface area (Å²) in [6.45, 7) is 6.23. The maximum Gasteiger partial charge on any atom is 0.124 e. The molecule has 0 aromatic heterocycles. The lowest BCUT2D eigenvalue weighted by molar-refractivity contribution is 0.207. The van der Waals surface area contributed by atoms with Gasteiger partial charge in [-0.05, 0) is 38.5 Å². The van der Waals surface area contributed by atoms with Crippen LogP contribution in [-0.2, 0) is 0 Å². The molecule has 1 rings (SSSR count). The Morgan fingerprint density at radius 2 is 2.06 bits per heavy atom. The van der Waals surface area contributed by atoms with Gasteiger partial charge in [0.05, 0.1) is 6.10 Å². The molecular formula is C13H20BrNO. The third-order valence-corrected chi connectivity index (χ3v) is 2.98. The lowest BCUT2D eigenvalue weighted by atomic mass is 10.1. The van der Waals surface area contributed by atoms with Crippen LogP contribution in [-0.4, -0.2) is 6.10 Å². The minimum Gasteiger partial charge on any atom is -0.490 e. The van der Waals surface area contributed by atoms with Crippen LogP contribution in [0.4, 0.5) is 0 Å². The highest BCUT2D eigenvalue weighted by atomic mass is 79.9. The first kappa shape index (κ1) is 13.5. The zero-order valence-corrected chi connectivity index (χ0v) is 11.8. The Morgan fingerprint density at radius 3 is 2.62 bits per heavy atom. The number of nitrogens with two attached hydrogens (primary N) is 1. The summed E-state index contributed by atoms with van der Waals surface area (Å²) in [4.78, 5) is 0. The lowest BCUT2D eigenvalue weighted by Crippen LogP contribution is -2.14. The van der Waals surface area contributed by atoms with Crippen LogP contribution in [0, 0.1) is 0 Å². The quantitative estimate of drug-likeness (QED) is 0.886. The van der Waals surface area contributed by atoms with Crippen LogP contribution in [0.3, 0.4) is 0 Å². The van der Waals surface area contributed by atoms with Crippen molar-refractivity contribution in [1.82, 2.24) is 0 Å². The molecule has 0 heterocycles. The van der Waals surface area contributed by atoms with E-state index in [1.54, 1.807) is 0 Å². The van der Waals surface area contributed by atoms with Gasteiger partial charge in [-0.3, -0.25) is 0 Å². The Kier molecular flexibility index (Phi) is 5.29. The Balaban J connectivity index is 2.86. The maximum absolute atomic E-state index is 5.93. The smallest absolute Gasteiger partial charge is 0.124 e. The first-order valence-electron chi connectivity index (χ1n) is 5.76. The minimum atomic E-state index is -0.0127. The summed E-state index contributed by atoms with van der Waals surface area (Å²) in [6.07, 6.45) is 2.43. The second-order valence-corrected chi connectivity index (χ2v) is 5.10. The molecule has 0 saturated heterocycles. The largest absolute Gasteiger partial charge is 0.490 e. The number of hydrogen-bond donors (Lipinski definition) is 1. The summed E-state index contributed by atoms with van der Waals surface area (Å²) in [5.41, 5.74) is 6.99. The lowest BCUT2D eigenvalue weighted by Gasteiger charge is -2.18. The molecule has 1 unspecified atom stereocenters. The summed E-state index contributed by atoms with van der Waals surface area (Å²) in [6, 6.07) is 5.98. The van der Waals surface area contributed by atoms with Gasteiger partial charge in [-0.25, -0.2) is 0 Å². The number of halogens is 1. The third kappa shape index (κ3) is 3.80. The van der Waals surface area contributed by atoms with Gasteiger partial charge in [0.15, 0.2) is 0 Å². The minimum absolute atomic E-state index is 0.0127. The average molecular weight is 286 g/mol. The number of rotatable bonds is 5. The maximum atomic E-state index is 5.93. The molecule has 0 fully saturated rings. The van der Waals surface area contributed by atoms with E-state index in [2.05, 4.69) is 29.8 Å². The predicted octanol–water partition coefficient (Wildman–Crippen LogP) is 4.04. The molecule has 0 aliphatic rings. The van der Waals surface area contributed by atoms with Crippen LogP contribution in [0.25, 0.3) is 0 Å². The summed E-state index contributed by atoms with van der Waals surface area (Å²) in [7, 11) is 0. The van der Waals surface area contributed by atoms with Crippen LogP contribution in [0.5, 0.6) is 5.75 Å². The van der Waals surface area contributed by atoms with E-state index >= 15 is 0 Å². The van der Waals surface area contributed by atoms with E-state index < -0.39 is 0 Å². The average Bonchev–Trinajstić information content (AvgIpc) is 2.20. The van der Waals surface area contributed by atoms with Crippen molar-refractivity contribution in [1.29, 1.82) is 0 Å². The Morgan fingerprint density at radius 1 is 1.38 bits per heavy atom. The molecule has 3 heteroatoms. The zero-order valence-electron chi connectivity index (χ0n) is 10.2. The van der Waals surface area contributed by atoms with Crippen molar-refractivity contribution >= 4 is 15.9 Å². The molecule has 0 bridgehead atoms. The number of ether oxygens (including phenoxy) is 1. The standard InChI is InChI=1S/C13H20BrNO/c1-4-5-9(2)16-13-7-6-11(14)8-12(13)10(3)15/h6-10H,4-5,15H2,1-3H3/t9?,10-/m1/s1.